The number of ether oxygens (including phenoxy) is 1. The third-order valence-corrected chi connectivity index (χ3v) is 4.63. The van der Waals surface area contributed by atoms with E-state index in [0.717, 1.165) is 34.3 Å². The molecule has 108 valence electrons. The van der Waals surface area contributed by atoms with Crippen molar-refractivity contribution in [1.82, 2.24) is 5.32 Å². The monoisotopic (exact) mass is 357 g/mol. The van der Waals surface area contributed by atoms with Crippen LogP contribution in [0.15, 0.2) is 22.0 Å². The Hall–Kier alpha value is -1.14. The van der Waals surface area contributed by atoms with Crippen LogP contribution >= 0.6 is 27.3 Å². The predicted octanol–water partition coefficient (Wildman–Crippen LogP) is 3.13. The number of nitrogens with one attached hydrogen (secondary N) is 1. The van der Waals surface area contributed by atoms with Crippen LogP contribution in [0.2, 0.25) is 0 Å². The van der Waals surface area contributed by atoms with Gasteiger partial charge in [0.25, 0.3) is 5.91 Å². The van der Waals surface area contributed by atoms with E-state index in [4.69, 9.17) is 4.74 Å². The summed E-state index contributed by atoms with van der Waals surface area (Å²) in [5, 5.41) is 2.87. The van der Waals surface area contributed by atoms with Crippen molar-refractivity contribution < 1.29 is 14.3 Å². The van der Waals surface area contributed by atoms with Crippen LogP contribution in [0, 0.1) is 0 Å². The fraction of sp³-hybridized carbons (Fsp3) is 0.429. The van der Waals surface area contributed by atoms with E-state index >= 15 is 0 Å². The highest BCUT2D eigenvalue weighted by Gasteiger charge is 2.17. The van der Waals surface area contributed by atoms with Crippen molar-refractivity contribution in [3.63, 3.8) is 0 Å². The second kappa shape index (κ2) is 7.59. The van der Waals surface area contributed by atoms with E-state index in [2.05, 4.69) is 21.2 Å². The average molecular weight is 358 g/mol. The molecule has 1 amide bonds. The molecule has 0 aliphatic heterocycles. The maximum Gasteiger partial charge on any atom is 0.331 e. The number of hydrogen-bond donors (Lipinski definition) is 1. The summed E-state index contributed by atoms with van der Waals surface area (Å²) in [6, 6.07) is 4.05. The molecule has 1 aliphatic rings. The van der Waals surface area contributed by atoms with Gasteiger partial charge in [-0.1, -0.05) is 12.8 Å². The van der Waals surface area contributed by atoms with E-state index in [1.54, 1.807) is 6.08 Å². The summed E-state index contributed by atoms with van der Waals surface area (Å²) in [6.07, 6.45) is 7.36. The molecule has 0 atom stereocenters. The Labute approximate surface area is 130 Å². The number of thiophene rings is 1. The Morgan fingerprint density at radius 2 is 2.15 bits per heavy atom. The molecule has 1 aromatic heterocycles. The van der Waals surface area contributed by atoms with Gasteiger partial charge in [-0.05, 0) is 47.0 Å². The molecule has 2 rings (SSSR count). The van der Waals surface area contributed by atoms with Crippen LogP contribution in [0.1, 0.15) is 30.6 Å². The minimum atomic E-state index is -0.504. The van der Waals surface area contributed by atoms with Gasteiger partial charge >= 0.3 is 5.97 Å². The molecule has 1 heterocycles. The van der Waals surface area contributed by atoms with Gasteiger partial charge in [0.15, 0.2) is 6.61 Å². The van der Waals surface area contributed by atoms with Gasteiger partial charge in [-0.3, -0.25) is 4.79 Å². The Bertz CT molecular complexity index is 506. The summed E-state index contributed by atoms with van der Waals surface area (Å²) in [5.41, 5.74) is 0. The normalized spacial score (nSPS) is 15.7. The molecule has 0 spiro atoms. The van der Waals surface area contributed by atoms with Crippen molar-refractivity contribution >= 4 is 45.2 Å². The maximum atomic E-state index is 11.6. The van der Waals surface area contributed by atoms with E-state index in [0.29, 0.717) is 0 Å². The van der Waals surface area contributed by atoms with Crippen molar-refractivity contribution in [2.45, 2.75) is 31.7 Å². The van der Waals surface area contributed by atoms with Gasteiger partial charge in [0, 0.05) is 17.0 Å². The molecule has 0 unspecified atom stereocenters. The van der Waals surface area contributed by atoms with Crippen molar-refractivity contribution in [2.75, 3.05) is 6.61 Å². The number of amides is 1. The highest BCUT2D eigenvalue weighted by Crippen LogP contribution is 2.23. The Morgan fingerprint density at radius 3 is 2.80 bits per heavy atom. The summed E-state index contributed by atoms with van der Waals surface area (Å²) < 4.78 is 5.90. The minimum absolute atomic E-state index is 0.214. The first-order valence-corrected chi connectivity index (χ1v) is 8.14. The largest absolute Gasteiger partial charge is 0.452 e. The summed E-state index contributed by atoms with van der Waals surface area (Å²) in [5.74, 6) is -0.728. The zero-order valence-electron chi connectivity index (χ0n) is 10.9. The van der Waals surface area contributed by atoms with Gasteiger partial charge < -0.3 is 10.1 Å². The van der Waals surface area contributed by atoms with Gasteiger partial charge in [0.1, 0.15) is 0 Å². The van der Waals surface area contributed by atoms with Crippen molar-refractivity contribution in [3.8, 4) is 0 Å². The number of hydrogen-bond acceptors (Lipinski definition) is 4. The first-order chi connectivity index (χ1) is 9.63. The molecule has 4 nitrogen and oxygen atoms in total. The summed E-state index contributed by atoms with van der Waals surface area (Å²) in [7, 11) is 0. The standard InChI is InChI=1S/C14H16BrNO3S/c15-12-7-5-11(20-12)6-8-14(18)19-9-13(17)16-10-3-1-2-4-10/h5-8,10H,1-4,9H2,(H,16,17)/b8-6+. The topological polar surface area (TPSA) is 55.4 Å². The highest BCUT2D eigenvalue weighted by molar-refractivity contribution is 9.11. The molecule has 1 fully saturated rings. The van der Waals surface area contributed by atoms with E-state index in [1.165, 1.54) is 17.4 Å². The lowest BCUT2D eigenvalue weighted by Crippen LogP contribution is -2.35. The van der Waals surface area contributed by atoms with Crippen LogP contribution in [-0.4, -0.2) is 24.5 Å². The molecular weight excluding hydrogens is 342 g/mol. The lowest BCUT2D eigenvalue weighted by Gasteiger charge is -2.11. The number of halogens is 1. The van der Waals surface area contributed by atoms with Crippen LogP contribution in [0.5, 0.6) is 0 Å². The quantitative estimate of drug-likeness (QED) is 0.650. The Kier molecular flexibility index (Phi) is 5.79. The average Bonchev–Trinajstić information content (AvgIpc) is 3.05. The van der Waals surface area contributed by atoms with E-state index in [-0.39, 0.29) is 18.6 Å². The van der Waals surface area contributed by atoms with Gasteiger partial charge in [-0.25, -0.2) is 4.79 Å². The van der Waals surface area contributed by atoms with Crippen LogP contribution < -0.4 is 5.32 Å². The van der Waals surface area contributed by atoms with Crippen LogP contribution in [0.4, 0.5) is 0 Å². The number of carbonyl (C=O) groups is 2. The Balaban J connectivity index is 1.69. The van der Waals surface area contributed by atoms with Crippen LogP contribution in [-0.2, 0) is 14.3 Å². The predicted molar refractivity (Wildman–Crippen MR) is 82.4 cm³/mol. The third-order valence-electron chi connectivity index (χ3n) is 3.04. The number of carbonyl (C=O) groups excluding carboxylic acids is 2. The van der Waals surface area contributed by atoms with E-state index < -0.39 is 5.97 Å². The summed E-state index contributed by atoms with van der Waals surface area (Å²) >= 11 is 4.86. The second-order valence-corrected chi connectivity index (χ2v) is 7.13. The molecular formula is C14H16BrNO3S. The van der Waals surface area contributed by atoms with Crippen molar-refractivity contribution in [1.29, 1.82) is 0 Å². The van der Waals surface area contributed by atoms with E-state index in [1.807, 2.05) is 12.1 Å². The maximum absolute atomic E-state index is 11.6. The van der Waals surface area contributed by atoms with Gasteiger partial charge in [-0.15, -0.1) is 11.3 Å². The molecule has 1 saturated carbocycles. The fourth-order valence-corrected chi connectivity index (χ4v) is 3.42. The van der Waals surface area contributed by atoms with Crippen LogP contribution in [0.3, 0.4) is 0 Å². The fourth-order valence-electron chi connectivity index (χ4n) is 2.09. The lowest BCUT2D eigenvalue weighted by molar-refractivity contribution is -0.144. The number of rotatable bonds is 5. The first-order valence-electron chi connectivity index (χ1n) is 6.53. The SMILES string of the molecule is O=C(COC(=O)/C=C/c1ccc(Br)s1)NC1CCCC1. The second-order valence-electron chi connectivity index (χ2n) is 4.63. The minimum Gasteiger partial charge on any atom is -0.452 e. The highest BCUT2D eigenvalue weighted by atomic mass is 79.9. The van der Waals surface area contributed by atoms with Crippen LogP contribution in [0.25, 0.3) is 6.08 Å². The zero-order chi connectivity index (χ0) is 14.4. The molecule has 6 heteroatoms. The third kappa shape index (κ3) is 5.09. The van der Waals surface area contributed by atoms with Gasteiger partial charge in [0.2, 0.25) is 0 Å². The van der Waals surface area contributed by atoms with Crippen molar-refractivity contribution in [3.05, 3.63) is 26.9 Å². The Morgan fingerprint density at radius 1 is 1.40 bits per heavy atom. The van der Waals surface area contributed by atoms with Gasteiger partial charge in [-0.2, -0.15) is 0 Å². The summed E-state index contributed by atoms with van der Waals surface area (Å²) in [6.45, 7) is -0.214. The molecule has 0 aromatic carbocycles. The first kappa shape index (κ1) is 15.3. The number of esters is 1. The molecule has 0 bridgehead atoms. The lowest BCUT2D eigenvalue weighted by atomic mass is 10.2. The van der Waals surface area contributed by atoms with E-state index in [9.17, 15) is 9.59 Å². The molecule has 20 heavy (non-hydrogen) atoms. The zero-order valence-corrected chi connectivity index (χ0v) is 13.3. The smallest absolute Gasteiger partial charge is 0.331 e. The molecule has 0 radical (unpaired) electrons. The molecule has 1 N–H and O–H groups in total. The molecule has 1 aliphatic carbocycles. The molecule has 0 saturated heterocycles. The van der Waals surface area contributed by atoms with Crippen molar-refractivity contribution in [2.24, 2.45) is 0 Å². The summed E-state index contributed by atoms with van der Waals surface area (Å²) in [4.78, 5) is 24.0. The molecule has 1 aromatic rings. The van der Waals surface area contributed by atoms with Gasteiger partial charge in [0.05, 0.1) is 3.79 Å².